The summed E-state index contributed by atoms with van der Waals surface area (Å²) >= 11 is 3.25. The van der Waals surface area contributed by atoms with Gasteiger partial charge in [-0.05, 0) is 18.2 Å². The molecule has 2 N–H and O–H groups in total. The van der Waals surface area contributed by atoms with Crippen LogP contribution < -0.4 is 5.73 Å². The normalized spacial score (nSPS) is 12.0. The van der Waals surface area contributed by atoms with Crippen molar-refractivity contribution in [2.75, 3.05) is 32.5 Å². The fraction of sp³-hybridized carbons (Fsp3) is 0.455. The number of hydrogen-bond acceptors (Lipinski definition) is 4. The predicted molar refractivity (Wildman–Crippen MR) is 74.9 cm³/mol. The third-order valence-electron chi connectivity index (χ3n) is 2.49. The van der Waals surface area contributed by atoms with Crippen molar-refractivity contribution >= 4 is 31.6 Å². The standard InChI is InChI=1S/C11H17BrN2O3S/c1-3-14(6-7-17-2)18(15,16)11-5-4-9(12)8-10(11)13/h4-5,8H,3,6-7,13H2,1-2H3. The van der Waals surface area contributed by atoms with Gasteiger partial charge in [-0.1, -0.05) is 22.9 Å². The number of methoxy groups -OCH3 is 1. The van der Waals surface area contributed by atoms with Crippen LogP contribution in [0.4, 0.5) is 5.69 Å². The largest absolute Gasteiger partial charge is 0.398 e. The lowest BCUT2D eigenvalue weighted by Crippen LogP contribution is -2.34. The quantitative estimate of drug-likeness (QED) is 0.802. The Labute approximate surface area is 116 Å². The summed E-state index contributed by atoms with van der Waals surface area (Å²) in [4.78, 5) is 0.128. The fourth-order valence-electron chi connectivity index (χ4n) is 1.53. The number of hydrogen-bond donors (Lipinski definition) is 1. The van der Waals surface area contributed by atoms with Crippen LogP contribution in [0, 0.1) is 0 Å². The molecule has 0 aromatic heterocycles. The van der Waals surface area contributed by atoms with E-state index in [2.05, 4.69) is 15.9 Å². The van der Waals surface area contributed by atoms with Crippen LogP contribution in [-0.4, -0.2) is 39.5 Å². The molecular formula is C11H17BrN2O3S. The molecule has 7 heteroatoms. The first-order valence-electron chi connectivity index (χ1n) is 5.47. The molecule has 102 valence electrons. The van der Waals surface area contributed by atoms with E-state index in [1.807, 2.05) is 0 Å². The molecule has 0 aliphatic heterocycles. The summed E-state index contributed by atoms with van der Waals surface area (Å²) < 4.78 is 31.8. The molecule has 1 aromatic carbocycles. The second-order valence-corrected chi connectivity index (χ2v) is 6.49. The molecular weight excluding hydrogens is 320 g/mol. The van der Waals surface area contributed by atoms with Crippen molar-refractivity contribution in [3.63, 3.8) is 0 Å². The van der Waals surface area contributed by atoms with Gasteiger partial charge in [-0.3, -0.25) is 0 Å². The number of nitrogens with zero attached hydrogens (tertiary/aromatic N) is 1. The number of halogens is 1. The molecule has 18 heavy (non-hydrogen) atoms. The third-order valence-corrected chi connectivity index (χ3v) is 5.03. The number of anilines is 1. The van der Waals surface area contributed by atoms with Gasteiger partial charge in [0.15, 0.2) is 0 Å². The smallest absolute Gasteiger partial charge is 0.245 e. The van der Waals surface area contributed by atoms with Gasteiger partial charge < -0.3 is 10.5 Å². The molecule has 0 aliphatic rings. The first-order valence-corrected chi connectivity index (χ1v) is 7.71. The first-order chi connectivity index (χ1) is 8.43. The Morgan fingerprint density at radius 3 is 2.61 bits per heavy atom. The zero-order chi connectivity index (χ0) is 13.8. The van der Waals surface area contributed by atoms with Crippen molar-refractivity contribution in [1.82, 2.24) is 4.31 Å². The third kappa shape index (κ3) is 3.44. The van der Waals surface area contributed by atoms with Crippen LogP contribution in [0.15, 0.2) is 27.6 Å². The lowest BCUT2D eigenvalue weighted by Gasteiger charge is -2.21. The highest BCUT2D eigenvalue weighted by Crippen LogP contribution is 2.25. The summed E-state index contributed by atoms with van der Waals surface area (Å²) in [5.41, 5.74) is 6.00. The minimum absolute atomic E-state index is 0.128. The monoisotopic (exact) mass is 336 g/mol. The van der Waals surface area contributed by atoms with Gasteiger partial charge in [0.05, 0.1) is 12.3 Å². The number of sulfonamides is 1. The minimum Gasteiger partial charge on any atom is -0.398 e. The maximum atomic E-state index is 12.4. The van der Waals surface area contributed by atoms with E-state index < -0.39 is 10.0 Å². The van der Waals surface area contributed by atoms with Crippen LogP contribution in [0.3, 0.4) is 0 Å². The predicted octanol–water partition coefficient (Wildman–Crippen LogP) is 1.69. The number of rotatable bonds is 6. The molecule has 0 spiro atoms. The van der Waals surface area contributed by atoms with Crippen molar-refractivity contribution in [2.45, 2.75) is 11.8 Å². The maximum Gasteiger partial charge on any atom is 0.245 e. The Balaban J connectivity index is 3.10. The van der Waals surface area contributed by atoms with E-state index in [4.69, 9.17) is 10.5 Å². The molecule has 0 radical (unpaired) electrons. The highest BCUT2D eigenvalue weighted by molar-refractivity contribution is 9.10. The van der Waals surface area contributed by atoms with E-state index in [0.29, 0.717) is 19.7 Å². The minimum atomic E-state index is -3.56. The van der Waals surface area contributed by atoms with E-state index in [9.17, 15) is 8.42 Å². The summed E-state index contributed by atoms with van der Waals surface area (Å²) in [5, 5.41) is 0. The summed E-state index contributed by atoms with van der Waals surface area (Å²) in [5.74, 6) is 0. The Kier molecular flexibility index (Phi) is 5.58. The Morgan fingerprint density at radius 1 is 1.44 bits per heavy atom. The van der Waals surface area contributed by atoms with Gasteiger partial charge in [0.1, 0.15) is 4.90 Å². The number of likely N-dealkylation sites (N-methyl/N-ethyl adjacent to an activating group) is 1. The zero-order valence-electron chi connectivity index (χ0n) is 10.4. The molecule has 1 aromatic rings. The molecule has 0 bridgehead atoms. The van der Waals surface area contributed by atoms with E-state index in [0.717, 1.165) is 4.47 Å². The van der Waals surface area contributed by atoms with Crippen LogP contribution in [0.25, 0.3) is 0 Å². The molecule has 0 fully saturated rings. The second-order valence-electron chi connectivity index (χ2n) is 3.67. The topological polar surface area (TPSA) is 72.6 Å². The molecule has 0 aliphatic carbocycles. The fourth-order valence-corrected chi connectivity index (χ4v) is 3.44. The van der Waals surface area contributed by atoms with Crippen molar-refractivity contribution in [1.29, 1.82) is 0 Å². The summed E-state index contributed by atoms with van der Waals surface area (Å²) in [6.45, 7) is 2.82. The van der Waals surface area contributed by atoms with Crippen LogP contribution in [0.1, 0.15) is 6.92 Å². The van der Waals surface area contributed by atoms with Gasteiger partial charge in [0.25, 0.3) is 0 Å². The summed E-state index contributed by atoms with van der Waals surface area (Å²) in [6, 6.07) is 4.74. The van der Waals surface area contributed by atoms with Crippen molar-refractivity contribution in [3.05, 3.63) is 22.7 Å². The molecule has 0 saturated heterocycles. The highest BCUT2D eigenvalue weighted by atomic mass is 79.9. The SMILES string of the molecule is CCN(CCOC)S(=O)(=O)c1ccc(Br)cc1N. The van der Waals surface area contributed by atoms with Crippen LogP contribution in [-0.2, 0) is 14.8 Å². The number of benzene rings is 1. The van der Waals surface area contributed by atoms with Crippen LogP contribution >= 0.6 is 15.9 Å². The number of ether oxygens (including phenoxy) is 1. The molecule has 0 amide bonds. The maximum absolute atomic E-state index is 12.4. The van der Waals surface area contributed by atoms with Crippen molar-refractivity contribution in [2.24, 2.45) is 0 Å². The number of nitrogens with two attached hydrogens (primary N) is 1. The van der Waals surface area contributed by atoms with Crippen molar-refractivity contribution in [3.8, 4) is 0 Å². The Bertz CT molecular complexity index is 505. The van der Waals surface area contributed by atoms with E-state index in [-0.39, 0.29) is 10.6 Å². The first kappa shape index (κ1) is 15.4. The summed E-state index contributed by atoms with van der Waals surface area (Å²) in [7, 11) is -2.03. The Morgan fingerprint density at radius 2 is 2.11 bits per heavy atom. The highest BCUT2D eigenvalue weighted by Gasteiger charge is 2.24. The lowest BCUT2D eigenvalue weighted by molar-refractivity contribution is 0.180. The average Bonchev–Trinajstić information content (AvgIpc) is 2.29. The molecule has 0 saturated carbocycles. The van der Waals surface area contributed by atoms with E-state index >= 15 is 0 Å². The van der Waals surface area contributed by atoms with Crippen molar-refractivity contribution < 1.29 is 13.2 Å². The van der Waals surface area contributed by atoms with E-state index in [1.54, 1.807) is 19.1 Å². The number of nitrogen functional groups attached to an aromatic ring is 1. The Hall–Kier alpha value is -0.630. The zero-order valence-corrected chi connectivity index (χ0v) is 12.8. The van der Waals surface area contributed by atoms with Gasteiger partial charge in [-0.2, -0.15) is 4.31 Å². The van der Waals surface area contributed by atoms with Gasteiger partial charge in [-0.25, -0.2) is 8.42 Å². The second kappa shape index (κ2) is 6.51. The van der Waals surface area contributed by atoms with Gasteiger partial charge in [0, 0.05) is 24.7 Å². The molecule has 0 atom stereocenters. The van der Waals surface area contributed by atoms with Gasteiger partial charge >= 0.3 is 0 Å². The molecule has 0 unspecified atom stereocenters. The average molecular weight is 337 g/mol. The van der Waals surface area contributed by atoms with Gasteiger partial charge in [0.2, 0.25) is 10.0 Å². The van der Waals surface area contributed by atoms with Gasteiger partial charge in [-0.15, -0.1) is 0 Å². The lowest BCUT2D eigenvalue weighted by atomic mass is 10.3. The van der Waals surface area contributed by atoms with E-state index in [1.165, 1.54) is 17.5 Å². The van der Waals surface area contributed by atoms with Crippen LogP contribution in [0.2, 0.25) is 0 Å². The van der Waals surface area contributed by atoms with Crippen LogP contribution in [0.5, 0.6) is 0 Å². The summed E-state index contributed by atoms with van der Waals surface area (Å²) in [6.07, 6.45) is 0. The molecule has 1 rings (SSSR count). The molecule has 0 heterocycles. The molecule has 5 nitrogen and oxygen atoms in total.